The second-order valence-electron chi connectivity index (χ2n) is 14.6. The Kier molecular flexibility index (Phi) is 6.95. The minimum Gasteiger partial charge on any atom is -0.354 e. The molecule has 6 bridgehead atoms. The number of rotatable bonds is 2. The molecule has 0 aliphatic carbocycles. The summed E-state index contributed by atoms with van der Waals surface area (Å²) in [5.41, 5.74) is 13.0. The van der Waals surface area contributed by atoms with Crippen molar-refractivity contribution in [3.8, 4) is 22.3 Å². The van der Waals surface area contributed by atoms with Crippen molar-refractivity contribution in [1.29, 1.82) is 0 Å². The van der Waals surface area contributed by atoms with Crippen LogP contribution in [0.3, 0.4) is 0 Å². The molecule has 9 aromatic rings. The molecule has 0 saturated heterocycles. The molecule has 1 aliphatic heterocycles. The van der Waals surface area contributed by atoms with Crippen molar-refractivity contribution < 1.29 is 0 Å². The lowest BCUT2D eigenvalue weighted by atomic mass is 10.0. The van der Waals surface area contributed by atoms with Crippen LogP contribution in [0, 0.1) is 27.7 Å². The largest absolute Gasteiger partial charge is 0.354 e. The minimum absolute atomic E-state index is 0.208. The van der Waals surface area contributed by atoms with E-state index in [0.717, 1.165) is 88.7 Å². The smallest absolute Gasteiger partial charge is 0.212 e. The summed E-state index contributed by atoms with van der Waals surface area (Å²) in [6.07, 6.45) is 4.15. The van der Waals surface area contributed by atoms with Crippen LogP contribution in [-0.2, 0) is 0 Å². The van der Waals surface area contributed by atoms with E-state index in [1.54, 1.807) is 0 Å². The first-order valence-electron chi connectivity index (χ1n) is 18.2. The summed E-state index contributed by atoms with van der Waals surface area (Å²) in [4.78, 5) is 46.8. The molecule has 4 heterocycles. The van der Waals surface area contributed by atoms with Crippen molar-refractivity contribution in [3.63, 3.8) is 0 Å². The fourth-order valence-corrected chi connectivity index (χ4v) is 8.07. The normalized spacial score (nSPS) is 12.1. The van der Waals surface area contributed by atoms with Crippen LogP contribution in [0.2, 0.25) is 0 Å². The molecular weight excluding hydrogens is 665 g/mol. The first-order valence-corrected chi connectivity index (χ1v) is 18.2. The zero-order valence-corrected chi connectivity index (χ0v) is 30.3. The molecule has 0 amide bonds. The Labute approximate surface area is 309 Å². The molecule has 6 aromatic carbocycles. The Morgan fingerprint density at radius 3 is 1.22 bits per heavy atom. The molecule has 0 saturated carbocycles. The zero-order chi connectivity index (χ0) is 36.8. The van der Waals surface area contributed by atoms with Gasteiger partial charge in [0, 0.05) is 54.7 Å². The maximum atomic E-state index is 14.5. The van der Waals surface area contributed by atoms with E-state index in [9.17, 15) is 9.59 Å². The van der Waals surface area contributed by atoms with Crippen molar-refractivity contribution in [1.82, 2.24) is 19.9 Å². The summed E-state index contributed by atoms with van der Waals surface area (Å²) in [5, 5.41) is 4.05. The van der Waals surface area contributed by atoms with Crippen molar-refractivity contribution in [2.24, 2.45) is 0 Å². The summed E-state index contributed by atoms with van der Waals surface area (Å²) in [6, 6.07) is 36.8. The van der Waals surface area contributed by atoms with Gasteiger partial charge >= 0.3 is 0 Å². The highest BCUT2D eigenvalue weighted by Gasteiger charge is 2.20. The Morgan fingerprint density at radius 2 is 0.796 bits per heavy atom. The highest BCUT2D eigenvalue weighted by atomic mass is 16.1. The molecule has 0 radical (unpaired) electrons. The molecule has 258 valence electrons. The Balaban J connectivity index is 1.49. The number of nitrogens with zero attached hydrogens (tertiary/aromatic N) is 2. The lowest BCUT2D eigenvalue weighted by molar-refractivity contribution is 1.32. The highest BCUT2D eigenvalue weighted by Crippen LogP contribution is 2.37. The van der Waals surface area contributed by atoms with E-state index in [0.29, 0.717) is 21.5 Å². The average molecular weight is 699 g/mol. The molecule has 54 heavy (non-hydrogen) atoms. The average Bonchev–Trinajstić information content (AvgIpc) is 4.01. The number of nitrogens with one attached hydrogen (secondary N) is 2. The molecule has 1 aliphatic rings. The van der Waals surface area contributed by atoms with Crippen LogP contribution in [0.5, 0.6) is 0 Å². The van der Waals surface area contributed by atoms with Gasteiger partial charge in [-0.2, -0.15) is 0 Å². The van der Waals surface area contributed by atoms with E-state index >= 15 is 0 Å². The lowest BCUT2D eigenvalue weighted by Gasteiger charge is -2.06. The topological polar surface area (TPSA) is 91.5 Å². The molecule has 3 aromatic heterocycles. The Hall–Kier alpha value is -6.92. The van der Waals surface area contributed by atoms with Gasteiger partial charge in [0.2, 0.25) is 10.9 Å². The van der Waals surface area contributed by atoms with Gasteiger partial charge in [-0.3, -0.25) is 9.59 Å². The van der Waals surface area contributed by atoms with Crippen LogP contribution in [0.4, 0.5) is 0 Å². The number of aromatic nitrogens is 4. The highest BCUT2D eigenvalue weighted by molar-refractivity contribution is 6.20. The van der Waals surface area contributed by atoms with Crippen molar-refractivity contribution >= 4 is 77.6 Å². The monoisotopic (exact) mass is 698 g/mol. The summed E-state index contributed by atoms with van der Waals surface area (Å²) in [7, 11) is 0. The number of aromatic amines is 2. The van der Waals surface area contributed by atoms with Crippen molar-refractivity contribution in [3.05, 3.63) is 163 Å². The van der Waals surface area contributed by atoms with Gasteiger partial charge in [-0.15, -0.1) is 0 Å². The molecule has 6 nitrogen and oxygen atoms in total. The molecular formula is C48H34N4O2. The number of H-pyrrole nitrogens is 2. The predicted molar refractivity (Wildman–Crippen MR) is 225 cm³/mol. The van der Waals surface area contributed by atoms with E-state index in [-0.39, 0.29) is 21.9 Å². The van der Waals surface area contributed by atoms with Crippen molar-refractivity contribution in [2.45, 2.75) is 27.7 Å². The van der Waals surface area contributed by atoms with E-state index in [4.69, 9.17) is 9.97 Å². The van der Waals surface area contributed by atoms with Gasteiger partial charge in [-0.25, -0.2) is 9.97 Å². The van der Waals surface area contributed by atoms with Crippen LogP contribution >= 0.6 is 0 Å². The van der Waals surface area contributed by atoms with Crippen LogP contribution in [0.15, 0.2) is 119 Å². The second kappa shape index (κ2) is 11.8. The molecule has 0 fully saturated rings. The summed E-state index contributed by atoms with van der Waals surface area (Å²) in [5.74, 6) is 0. The van der Waals surface area contributed by atoms with Gasteiger partial charge in [0.05, 0.1) is 11.4 Å². The maximum absolute atomic E-state index is 14.5. The predicted octanol–water partition coefficient (Wildman–Crippen LogP) is 10.9. The third-order valence-electron chi connectivity index (χ3n) is 10.8. The van der Waals surface area contributed by atoms with Crippen LogP contribution in [-0.4, -0.2) is 19.9 Å². The molecule has 0 spiro atoms. The summed E-state index contributed by atoms with van der Waals surface area (Å²) >= 11 is 0. The maximum Gasteiger partial charge on any atom is 0.212 e. The van der Waals surface area contributed by atoms with E-state index < -0.39 is 0 Å². The van der Waals surface area contributed by atoms with Crippen LogP contribution < -0.4 is 10.9 Å². The third-order valence-corrected chi connectivity index (χ3v) is 10.8. The van der Waals surface area contributed by atoms with Gasteiger partial charge < -0.3 is 9.97 Å². The number of fused-ring (bicyclic) bond motifs is 14. The zero-order valence-electron chi connectivity index (χ0n) is 30.3. The molecule has 0 unspecified atom stereocenters. The summed E-state index contributed by atoms with van der Waals surface area (Å²) < 4.78 is 0. The van der Waals surface area contributed by atoms with Crippen LogP contribution in [0.1, 0.15) is 33.6 Å². The fraction of sp³-hybridized carbons (Fsp3) is 0.0833. The number of hydrogen-bond donors (Lipinski definition) is 2. The van der Waals surface area contributed by atoms with E-state index in [1.807, 2.05) is 74.5 Å². The summed E-state index contributed by atoms with van der Waals surface area (Å²) in [6.45, 7) is 8.11. The van der Waals surface area contributed by atoms with Crippen LogP contribution in [0.25, 0.3) is 99.8 Å². The third kappa shape index (κ3) is 4.87. The second-order valence-corrected chi connectivity index (χ2v) is 14.6. The molecule has 2 N–H and O–H groups in total. The minimum atomic E-state index is -0.208. The first-order chi connectivity index (χ1) is 26.2. The van der Waals surface area contributed by atoms with Gasteiger partial charge in [-0.1, -0.05) is 95.1 Å². The SMILES string of the molecule is Cc1ccc(-c2c3nc(c(-c4ccc(C)cc4)c4ccc([nH]4)c4c(nc5c(=O)c6cc(C)ccc6c5c5ccc2[nH]5)c(=O)c2cc(C)ccc24)C=C3)cc1. The number of hydrogen-bond acceptors (Lipinski definition) is 4. The number of aryl methyl sites for hydroxylation is 4. The van der Waals surface area contributed by atoms with Gasteiger partial charge in [0.1, 0.15) is 11.0 Å². The fourth-order valence-electron chi connectivity index (χ4n) is 8.07. The van der Waals surface area contributed by atoms with Crippen molar-refractivity contribution in [2.75, 3.05) is 0 Å². The standard InChI is InChI=1S/C48H34N4O2/c1-25-5-11-29(12-6-25)41-35-17-18-36(49-35)42(30-13-7-26(2)8-14-30)38-20-22-40(51-38)44-32-16-10-28(4)24-34(32)48(54)46(44)52-45-43(39-21-19-37(41)50-39)31-15-9-27(3)23-33(31)47(45)53/h5-24,50-51H,1-4H3. The lowest BCUT2D eigenvalue weighted by Crippen LogP contribution is -2.00. The molecule has 6 heteroatoms. The number of benzene rings is 4. The molecule has 0 atom stereocenters. The van der Waals surface area contributed by atoms with Gasteiger partial charge in [0.15, 0.2) is 0 Å². The molecule has 10 rings (SSSR count). The van der Waals surface area contributed by atoms with Gasteiger partial charge in [0.25, 0.3) is 0 Å². The Bertz CT molecular complexity index is 3120. The Morgan fingerprint density at radius 1 is 0.407 bits per heavy atom. The van der Waals surface area contributed by atoms with E-state index in [2.05, 4.69) is 84.5 Å². The first kappa shape index (κ1) is 31.8. The quantitative estimate of drug-likeness (QED) is 0.188. The van der Waals surface area contributed by atoms with E-state index in [1.165, 1.54) is 0 Å². The van der Waals surface area contributed by atoms with Gasteiger partial charge in [-0.05, 0) is 98.1 Å².